The highest BCUT2D eigenvalue weighted by Gasteiger charge is 2.32. The maximum Gasteiger partial charge on any atom is 0.269 e. The minimum absolute atomic E-state index is 0.214. The first-order chi connectivity index (χ1) is 14.9. The predicted molar refractivity (Wildman–Crippen MR) is 118 cm³/mol. The molecule has 0 saturated heterocycles. The molecule has 2 aromatic heterocycles. The molecule has 0 saturated carbocycles. The van der Waals surface area contributed by atoms with Crippen molar-refractivity contribution in [3.05, 3.63) is 77.4 Å². The van der Waals surface area contributed by atoms with Gasteiger partial charge >= 0.3 is 0 Å². The molecule has 0 spiro atoms. The van der Waals surface area contributed by atoms with Crippen LogP contribution >= 0.6 is 11.6 Å². The third-order valence-electron chi connectivity index (χ3n) is 4.66. The van der Waals surface area contributed by atoms with Gasteiger partial charge in [-0.3, -0.25) is 4.79 Å². The van der Waals surface area contributed by atoms with Gasteiger partial charge in [0.05, 0.1) is 11.7 Å². The second-order valence-electron chi connectivity index (χ2n) is 7.31. The second kappa shape index (κ2) is 8.09. The number of aromatic nitrogens is 3. The molecule has 4 aromatic rings. The van der Waals surface area contributed by atoms with Gasteiger partial charge in [0, 0.05) is 10.4 Å². The molecule has 154 valence electrons. The van der Waals surface area contributed by atoms with Gasteiger partial charge in [-0.05, 0) is 56.3 Å². The van der Waals surface area contributed by atoms with E-state index in [1.54, 1.807) is 44.2 Å². The average Bonchev–Trinajstić information content (AvgIpc) is 3.17. The van der Waals surface area contributed by atoms with Crippen molar-refractivity contribution in [3.63, 3.8) is 0 Å². The zero-order valence-electron chi connectivity index (χ0n) is 16.8. The average molecular weight is 432 g/mol. The van der Waals surface area contributed by atoms with Crippen LogP contribution in [-0.4, -0.2) is 26.3 Å². The summed E-state index contributed by atoms with van der Waals surface area (Å²) in [6.07, 6.45) is 1.39. The van der Waals surface area contributed by atoms with E-state index in [-0.39, 0.29) is 11.4 Å². The summed E-state index contributed by atoms with van der Waals surface area (Å²) < 4.78 is 7.28. The number of pyridine rings is 1. The number of rotatable bonds is 5. The molecule has 31 heavy (non-hydrogen) atoms. The Labute approximate surface area is 183 Å². The molecule has 2 heterocycles. The Morgan fingerprint density at radius 3 is 2.61 bits per heavy atom. The van der Waals surface area contributed by atoms with Gasteiger partial charge in [0.1, 0.15) is 17.4 Å². The number of amides is 1. The Hall–Kier alpha value is -3.89. The molecule has 2 aromatic carbocycles. The largest absolute Gasteiger partial charge is 0.478 e. The highest BCUT2D eigenvalue weighted by atomic mass is 35.5. The highest BCUT2D eigenvalue weighted by Crippen LogP contribution is 2.25. The number of nitrogens with one attached hydrogen (secondary N) is 1. The number of carbonyl (C=O) groups excluding carboxylic acids is 1. The van der Waals surface area contributed by atoms with Gasteiger partial charge in [-0.25, -0.2) is 4.98 Å². The Kier molecular flexibility index (Phi) is 5.32. The van der Waals surface area contributed by atoms with E-state index in [0.717, 1.165) is 10.9 Å². The van der Waals surface area contributed by atoms with Crippen LogP contribution in [0.1, 0.15) is 19.4 Å². The Morgan fingerprint density at radius 1 is 1.13 bits per heavy atom. The summed E-state index contributed by atoms with van der Waals surface area (Å²) in [6.45, 7) is 3.27. The van der Waals surface area contributed by atoms with Crippen LogP contribution in [0, 0.1) is 11.3 Å². The van der Waals surface area contributed by atoms with Gasteiger partial charge in [-0.2, -0.15) is 15.0 Å². The lowest BCUT2D eigenvalue weighted by molar-refractivity contribution is -0.128. The molecule has 8 heteroatoms. The summed E-state index contributed by atoms with van der Waals surface area (Å²) >= 11 is 5.90. The number of nitriles is 1. The minimum Gasteiger partial charge on any atom is -0.478 e. The fraction of sp³-hybridized carbons (Fsp3) is 0.130. The number of para-hydroxylation sites is 1. The first-order valence-corrected chi connectivity index (χ1v) is 9.85. The van der Waals surface area contributed by atoms with Crippen molar-refractivity contribution >= 4 is 34.2 Å². The molecule has 4 rings (SSSR count). The smallest absolute Gasteiger partial charge is 0.269 e. The third-order valence-corrected chi connectivity index (χ3v) is 4.91. The number of ether oxygens (including phenoxy) is 1. The van der Waals surface area contributed by atoms with E-state index >= 15 is 0 Å². The third kappa shape index (κ3) is 4.20. The molecule has 0 fully saturated rings. The van der Waals surface area contributed by atoms with Gasteiger partial charge in [0.15, 0.2) is 17.2 Å². The van der Waals surface area contributed by atoms with E-state index in [9.17, 15) is 10.1 Å². The van der Waals surface area contributed by atoms with Gasteiger partial charge in [-0.1, -0.05) is 29.8 Å². The van der Waals surface area contributed by atoms with Gasteiger partial charge in [0.25, 0.3) is 5.91 Å². The van der Waals surface area contributed by atoms with Crippen molar-refractivity contribution in [1.82, 2.24) is 14.8 Å². The number of hydrogen-bond acceptors (Lipinski definition) is 5. The maximum atomic E-state index is 13.0. The summed E-state index contributed by atoms with van der Waals surface area (Å²) in [5.41, 5.74) is -0.241. The van der Waals surface area contributed by atoms with Crippen LogP contribution in [0.4, 0.5) is 5.82 Å². The standard InChI is InChI=1S/C23H18ClN5O2/c1-23(2,31-18-10-8-17(24)9-11-18)22(30)28-21-16(13-25)14-26-29(21)20-12-7-15-5-3-4-6-19(15)27-20/h3-12,14H,1-2H3,(H,28,30). The van der Waals surface area contributed by atoms with Crippen LogP contribution in [0.5, 0.6) is 5.75 Å². The molecule has 0 aliphatic rings. The van der Waals surface area contributed by atoms with Crippen LogP contribution in [0.25, 0.3) is 16.7 Å². The quantitative estimate of drug-likeness (QED) is 0.492. The zero-order valence-corrected chi connectivity index (χ0v) is 17.6. The maximum absolute atomic E-state index is 13.0. The SMILES string of the molecule is CC(C)(Oc1ccc(Cl)cc1)C(=O)Nc1c(C#N)cnn1-c1ccc2ccccc2n1. The van der Waals surface area contributed by atoms with Crippen LogP contribution in [-0.2, 0) is 4.79 Å². The van der Waals surface area contributed by atoms with E-state index in [0.29, 0.717) is 16.6 Å². The molecular weight excluding hydrogens is 414 g/mol. The van der Waals surface area contributed by atoms with Crippen LogP contribution < -0.4 is 10.1 Å². The molecule has 1 N–H and O–H groups in total. The normalized spacial score (nSPS) is 11.2. The van der Waals surface area contributed by atoms with E-state index in [1.807, 2.05) is 30.3 Å². The Balaban J connectivity index is 1.64. The highest BCUT2D eigenvalue weighted by molar-refractivity contribution is 6.30. The Morgan fingerprint density at radius 2 is 1.87 bits per heavy atom. The molecule has 0 aliphatic heterocycles. The lowest BCUT2D eigenvalue weighted by Gasteiger charge is -2.25. The number of carbonyl (C=O) groups is 1. The topological polar surface area (TPSA) is 92.8 Å². The number of fused-ring (bicyclic) bond motifs is 1. The number of hydrogen-bond donors (Lipinski definition) is 1. The van der Waals surface area contributed by atoms with Crippen molar-refractivity contribution < 1.29 is 9.53 Å². The minimum atomic E-state index is -1.23. The van der Waals surface area contributed by atoms with E-state index in [1.165, 1.54) is 10.9 Å². The molecular formula is C23H18ClN5O2. The van der Waals surface area contributed by atoms with Crippen molar-refractivity contribution in [2.45, 2.75) is 19.4 Å². The molecule has 0 aliphatic carbocycles. The van der Waals surface area contributed by atoms with Crippen molar-refractivity contribution in [2.75, 3.05) is 5.32 Å². The number of benzene rings is 2. The summed E-state index contributed by atoms with van der Waals surface area (Å²) in [7, 11) is 0. The first-order valence-electron chi connectivity index (χ1n) is 9.48. The summed E-state index contributed by atoms with van der Waals surface area (Å²) in [5, 5.41) is 18.1. The van der Waals surface area contributed by atoms with Gasteiger partial charge < -0.3 is 10.1 Å². The number of nitrogens with zero attached hydrogens (tertiary/aromatic N) is 4. The molecule has 0 unspecified atom stereocenters. The van der Waals surface area contributed by atoms with Crippen LogP contribution in [0.15, 0.2) is 66.9 Å². The molecule has 0 bridgehead atoms. The molecule has 1 amide bonds. The molecule has 0 radical (unpaired) electrons. The van der Waals surface area contributed by atoms with Crippen molar-refractivity contribution in [1.29, 1.82) is 5.26 Å². The van der Waals surface area contributed by atoms with Gasteiger partial charge in [-0.15, -0.1) is 0 Å². The van der Waals surface area contributed by atoms with Crippen LogP contribution in [0.3, 0.4) is 0 Å². The monoisotopic (exact) mass is 431 g/mol. The van der Waals surface area contributed by atoms with E-state index in [4.69, 9.17) is 16.3 Å². The number of halogens is 1. The zero-order chi connectivity index (χ0) is 22.0. The van der Waals surface area contributed by atoms with Crippen molar-refractivity contribution in [2.24, 2.45) is 0 Å². The fourth-order valence-electron chi connectivity index (χ4n) is 3.00. The number of anilines is 1. The van der Waals surface area contributed by atoms with E-state index in [2.05, 4.69) is 21.5 Å². The fourth-order valence-corrected chi connectivity index (χ4v) is 3.13. The summed E-state index contributed by atoms with van der Waals surface area (Å²) in [5.74, 6) is 0.756. The molecule has 0 atom stereocenters. The van der Waals surface area contributed by atoms with Crippen LogP contribution in [0.2, 0.25) is 5.02 Å². The van der Waals surface area contributed by atoms with Gasteiger partial charge in [0.2, 0.25) is 0 Å². The summed E-state index contributed by atoms with van der Waals surface area (Å²) in [6, 6.07) is 20.1. The second-order valence-corrected chi connectivity index (χ2v) is 7.75. The first kappa shape index (κ1) is 20.4. The van der Waals surface area contributed by atoms with E-state index < -0.39 is 11.5 Å². The Bertz CT molecular complexity index is 1310. The lowest BCUT2D eigenvalue weighted by Crippen LogP contribution is -2.43. The lowest BCUT2D eigenvalue weighted by atomic mass is 10.1. The molecule has 7 nitrogen and oxygen atoms in total. The van der Waals surface area contributed by atoms with Crippen molar-refractivity contribution in [3.8, 4) is 17.6 Å². The summed E-state index contributed by atoms with van der Waals surface area (Å²) in [4.78, 5) is 17.6. The predicted octanol–water partition coefficient (Wildman–Crippen LogP) is 4.74.